The number of hydrogen-bond acceptors (Lipinski definition) is 5. The number of benzene rings is 3. The fourth-order valence-corrected chi connectivity index (χ4v) is 5.83. The van der Waals surface area contributed by atoms with E-state index in [1.165, 1.54) is 24.0 Å². The van der Waals surface area contributed by atoms with Crippen molar-refractivity contribution < 1.29 is 22.8 Å². The second kappa shape index (κ2) is 9.48. The van der Waals surface area contributed by atoms with Crippen molar-refractivity contribution in [1.29, 1.82) is 0 Å². The van der Waals surface area contributed by atoms with Gasteiger partial charge in [-0.3, -0.25) is 14.4 Å². The molecule has 3 aromatic carbocycles. The van der Waals surface area contributed by atoms with Crippen LogP contribution in [0, 0.1) is 0 Å². The molecule has 34 heavy (non-hydrogen) atoms. The maximum atomic E-state index is 13.5. The molecular weight excluding hydrogens is 454 g/mol. The van der Waals surface area contributed by atoms with Gasteiger partial charge in [0.15, 0.2) is 9.84 Å². The first-order valence-corrected chi connectivity index (χ1v) is 12.2. The maximum Gasteiger partial charge on any atom is 0.244 e. The number of anilines is 3. The number of carbonyl (C=O) groups excluding carboxylic acids is 3. The molecule has 0 aromatic heterocycles. The summed E-state index contributed by atoms with van der Waals surface area (Å²) in [6.45, 7) is 1.05. The summed E-state index contributed by atoms with van der Waals surface area (Å²) in [5, 5.41) is 4.30. The molecule has 3 amide bonds. The molecule has 1 atom stereocenters. The zero-order valence-corrected chi connectivity index (χ0v) is 19.2. The monoisotopic (exact) mass is 477 g/mol. The van der Waals surface area contributed by atoms with Crippen molar-refractivity contribution in [3.63, 3.8) is 0 Å². The highest BCUT2D eigenvalue weighted by Gasteiger charge is 2.39. The van der Waals surface area contributed by atoms with E-state index in [2.05, 4.69) is 10.6 Å². The molecular formula is C25H23N3O5S. The Hall–Kier alpha value is -3.98. The summed E-state index contributed by atoms with van der Waals surface area (Å²) in [7, 11) is -3.88. The number of amides is 3. The fourth-order valence-electron chi connectivity index (χ4n) is 3.91. The predicted molar refractivity (Wildman–Crippen MR) is 129 cm³/mol. The smallest absolute Gasteiger partial charge is 0.244 e. The van der Waals surface area contributed by atoms with E-state index in [0.717, 1.165) is 0 Å². The van der Waals surface area contributed by atoms with Crippen molar-refractivity contribution >= 4 is 44.6 Å². The van der Waals surface area contributed by atoms with Crippen LogP contribution in [0.1, 0.15) is 24.2 Å². The Morgan fingerprint density at radius 2 is 1.47 bits per heavy atom. The summed E-state index contributed by atoms with van der Waals surface area (Å²) in [6, 6.07) is 21.4. The van der Waals surface area contributed by atoms with Gasteiger partial charge in [0.2, 0.25) is 17.7 Å². The third-order valence-corrected chi connectivity index (χ3v) is 7.61. The van der Waals surface area contributed by atoms with Gasteiger partial charge in [0, 0.05) is 24.7 Å². The van der Waals surface area contributed by atoms with Crippen LogP contribution in [0.25, 0.3) is 0 Å². The molecule has 1 aliphatic rings. The van der Waals surface area contributed by atoms with Crippen molar-refractivity contribution in [3.8, 4) is 0 Å². The zero-order chi connectivity index (χ0) is 24.3. The summed E-state index contributed by atoms with van der Waals surface area (Å²) in [6.07, 6.45) is -0.278. The Bertz CT molecular complexity index is 1340. The largest absolute Gasteiger partial charge is 0.326 e. The topological polar surface area (TPSA) is 113 Å². The lowest BCUT2D eigenvalue weighted by Gasteiger charge is -2.22. The third-order valence-electron chi connectivity index (χ3n) is 5.46. The van der Waals surface area contributed by atoms with E-state index >= 15 is 0 Å². The molecule has 4 rings (SSSR count). The second-order valence-electron chi connectivity index (χ2n) is 7.90. The van der Waals surface area contributed by atoms with Gasteiger partial charge in [0.25, 0.3) is 0 Å². The molecule has 0 aliphatic carbocycles. The molecule has 1 aliphatic heterocycles. The second-order valence-corrected chi connectivity index (χ2v) is 10.0. The summed E-state index contributed by atoms with van der Waals surface area (Å²) in [5.41, 5.74) is 1.77. The molecule has 0 saturated carbocycles. The Kier molecular flexibility index (Phi) is 6.47. The lowest BCUT2D eigenvalue weighted by atomic mass is 10.1. The lowest BCUT2D eigenvalue weighted by Crippen LogP contribution is -2.38. The lowest BCUT2D eigenvalue weighted by molar-refractivity contribution is -0.121. The van der Waals surface area contributed by atoms with Gasteiger partial charge in [-0.25, -0.2) is 8.42 Å². The minimum atomic E-state index is -3.88. The summed E-state index contributed by atoms with van der Waals surface area (Å²) in [5.74, 6) is -1.15. The van der Waals surface area contributed by atoms with Gasteiger partial charge < -0.3 is 15.5 Å². The molecule has 0 fully saturated rings. The van der Waals surface area contributed by atoms with Crippen LogP contribution in [0.3, 0.4) is 0 Å². The standard InChI is InChI=1S/C25H23N3O5S/c1-17(29)26-19-11-13-20(14-12-19)27-24(30)16-28-21-9-5-6-10-22(21)34(32,33)23(15-25(28)31)18-7-3-2-4-8-18/h2-14,23H,15-16H2,1H3,(H,26,29)(H,27,30). The number of rotatable bonds is 5. The van der Waals surface area contributed by atoms with E-state index in [-0.39, 0.29) is 29.5 Å². The van der Waals surface area contributed by atoms with Crippen molar-refractivity contribution in [2.24, 2.45) is 0 Å². The summed E-state index contributed by atoms with van der Waals surface area (Å²) >= 11 is 0. The van der Waals surface area contributed by atoms with Crippen LogP contribution in [0.15, 0.2) is 83.8 Å². The SMILES string of the molecule is CC(=O)Nc1ccc(NC(=O)CN2C(=O)CC(c3ccccc3)S(=O)(=O)c3ccccc32)cc1. The summed E-state index contributed by atoms with van der Waals surface area (Å²) in [4.78, 5) is 38.4. The van der Waals surface area contributed by atoms with Crippen LogP contribution in [0.2, 0.25) is 0 Å². The number of nitrogens with one attached hydrogen (secondary N) is 2. The molecule has 0 spiro atoms. The van der Waals surface area contributed by atoms with Gasteiger partial charge in [-0.2, -0.15) is 0 Å². The van der Waals surface area contributed by atoms with Crippen LogP contribution < -0.4 is 15.5 Å². The van der Waals surface area contributed by atoms with E-state index < -0.39 is 26.9 Å². The number of carbonyl (C=O) groups is 3. The molecule has 9 heteroatoms. The minimum Gasteiger partial charge on any atom is -0.326 e. The molecule has 174 valence electrons. The van der Waals surface area contributed by atoms with Crippen LogP contribution in [-0.2, 0) is 24.2 Å². The van der Waals surface area contributed by atoms with E-state index in [1.807, 2.05) is 0 Å². The predicted octanol–water partition coefficient (Wildman–Crippen LogP) is 3.54. The minimum absolute atomic E-state index is 0.0159. The average Bonchev–Trinajstić information content (AvgIpc) is 2.89. The van der Waals surface area contributed by atoms with Gasteiger partial charge in [-0.15, -0.1) is 0 Å². The van der Waals surface area contributed by atoms with Crippen LogP contribution in [-0.4, -0.2) is 32.7 Å². The Labute approximate surface area is 197 Å². The molecule has 2 N–H and O–H groups in total. The van der Waals surface area contributed by atoms with Crippen LogP contribution in [0.4, 0.5) is 17.1 Å². The molecule has 0 saturated heterocycles. The number of nitrogens with zero attached hydrogens (tertiary/aromatic N) is 1. The Morgan fingerprint density at radius 1 is 0.882 bits per heavy atom. The molecule has 1 heterocycles. The number of para-hydroxylation sites is 1. The average molecular weight is 478 g/mol. The highest BCUT2D eigenvalue weighted by molar-refractivity contribution is 7.92. The van der Waals surface area contributed by atoms with E-state index in [9.17, 15) is 22.8 Å². The van der Waals surface area contributed by atoms with Gasteiger partial charge in [-0.05, 0) is 42.0 Å². The molecule has 0 radical (unpaired) electrons. The summed E-state index contributed by atoms with van der Waals surface area (Å²) < 4.78 is 27.0. The quantitative estimate of drug-likeness (QED) is 0.584. The normalized spacial score (nSPS) is 16.8. The Balaban J connectivity index is 1.60. The van der Waals surface area contributed by atoms with E-state index in [4.69, 9.17) is 0 Å². The Morgan fingerprint density at radius 3 is 2.12 bits per heavy atom. The van der Waals surface area contributed by atoms with Gasteiger partial charge in [-0.1, -0.05) is 42.5 Å². The van der Waals surface area contributed by atoms with Gasteiger partial charge in [0.05, 0.1) is 15.8 Å². The van der Waals surface area contributed by atoms with Gasteiger partial charge >= 0.3 is 0 Å². The highest BCUT2D eigenvalue weighted by Crippen LogP contribution is 2.40. The third kappa shape index (κ3) is 4.84. The maximum absolute atomic E-state index is 13.5. The number of hydrogen-bond donors (Lipinski definition) is 2. The van der Waals surface area contributed by atoms with Crippen LogP contribution in [0.5, 0.6) is 0 Å². The van der Waals surface area contributed by atoms with Crippen molar-refractivity contribution in [2.45, 2.75) is 23.5 Å². The van der Waals surface area contributed by atoms with Crippen molar-refractivity contribution in [2.75, 3.05) is 22.1 Å². The highest BCUT2D eigenvalue weighted by atomic mass is 32.2. The first-order valence-electron chi connectivity index (χ1n) is 10.6. The van der Waals surface area contributed by atoms with Crippen molar-refractivity contribution in [1.82, 2.24) is 0 Å². The first-order chi connectivity index (χ1) is 16.3. The zero-order valence-electron chi connectivity index (χ0n) is 18.4. The number of fused-ring (bicyclic) bond motifs is 1. The van der Waals surface area contributed by atoms with E-state index in [1.54, 1.807) is 66.7 Å². The fraction of sp³-hybridized carbons (Fsp3) is 0.160. The molecule has 8 nitrogen and oxygen atoms in total. The molecule has 1 unspecified atom stereocenters. The van der Waals surface area contributed by atoms with Crippen LogP contribution >= 0.6 is 0 Å². The van der Waals surface area contributed by atoms with Gasteiger partial charge in [0.1, 0.15) is 6.54 Å². The van der Waals surface area contributed by atoms with E-state index in [0.29, 0.717) is 16.9 Å². The molecule has 3 aromatic rings. The van der Waals surface area contributed by atoms with Crippen molar-refractivity contribution in [3.05, 3.63) is 84.4 Å². The first kappa shape index (κ1) is 23.2. The molecule has 0 bridgehead atoms. The number of sulfone groups is 1.